The minimum atomic E-state index is -2.92. The predicted molar refractivity (Wildman–Crippen MR) is 135 cm³/mol. The zero-order valence-electron chi connectivity index (χ0n) is 19.8. The Bertz CT molecular complexity index is 1190. The highest BCUT2D eigenvalue weighted by Crippen LogP contribution is 2.32. The van der Waals surface area contributed by atoms with Crippen LogP contribution in [0.15, 0.2) is 12.1 Å². The molecule has 0 amide bonds. The standard InChI is InChI=1S/C25H33N5O3S/c1-33-23-18-21-22(17-19(23)7-6-12-29-10-2-3-11-29)27-25(30-13-4-5-14-30)28-24(21)26-20-8-15-34(31,32)16-9-20/h17-18,20H,2-5,8-16H2,1H3,(H,26,27,28). The van der Waals surface area contributed by atoms with Crippen molar-refractivity contribution in [3.05, 3.63) is 17.7 Å². The molecule has 8 nitrogen and oxygen atoms in total. The summed E-state index contributed by atoms with van der Waals surface area (Å²) in [4.78, 5) is 14.4. The molecule has 5 rings (SSSR count). The van der Waals surface area contributed by atoms with Crippen molar-refractivity contribution in [3.63, 3.8) is 0 Å². The van der Waals surface area contributed by atoms with Crippen molar-refractivity contribution < 1.29 is 13.2 Å². The van der Waals surface area contributed by atoms with Gasteiger partial charge in [0.05, 0.1) is 36.2 Å². The number of likely N-dealkylation sites (tertiary alicyclic amines) is 1. The second-order valence-electron chi connectivity index (χ2n) is 9.49. The monoisotopic (exact) mass is 483 g/mol. The third kappa shape index (κ3) is 5.23. The minimum Gasteiger partial charge on any atom is -0.495 e. The van der Waals surface area contributed by atoms with Gasteiger partial charge in [0.1, 0.15) is 21.4 Å². The van der Waals surface area contributed by atoms with Crippen molar-refractivity contribution in [2.24, 2.45) is 0 Å². The zero-order chi connectivity index (χ0) is 23.5. The molecule has 0 unspecified atom stereocenters. The molecule has 1 aromatic heterocycles. The molecule has 0 bridgehead atoms. The number of fused-ring (bicyclic) bond motifs is 1. The quantitative estimate of drug-likeness (QED) is 0.650. The number of nitrogens with zero attached hydrogens (tertiary/aromatic N) is 4. The fraction of sp³-hybridized carbons (Fsp3) is 0.600. The second-order valence-corrected chi connectivity index (χ2v) is 11.8. The average Bonchev–Trinajstić information content (AvgIpc) is 3.54. The number of ether oxygens (including phenoxy) is 1. The van der Waals surface area contributed by atoms with Gasteiger partial charge in [0.25, 0.3) is 0 Å². The second kappa shape index (κ2) is 9.96. The first kappa shape index (κ1) is 23.2. The average molecular weight is 484 g/mol. The summed E-state index contributed by atoms with van der Waals surface area (Å²) in [7, 11) is -1.26. The lowest BCUT2D eigenvalue weighted by Gasteiger charge is -2.25. The van der Waals surface area contributed by atoms with Gasteiger partial charge in [0, 0.05) is 24.5 Å². The highest BCUT2D eigenvalue weighted by Gasteiger charge is 2.25. The van der Waals surface area contributed by atoms with Crippen LogP contribution >= 0.6 is 0 Å². The molecule has 0 saturated carbocycles. The molecule has 3 fully saturated rings. The molecule has 3 aliphatic rings. The summed E-state index contributed by atoms with van der Waals surface area (Å²) < 4.78 is 29.5. The van der Waals surface area contributed by atoms with Gasteiger partial charge in [-0.3, -0.25) is 4.90 Å². The Labute approximate surface area is 202 Å². The van der Waals surface area contributed by atoms with Gasteiger partial charge in [-0.25, -0.2) is 13.4 Å². The lowest BCUT2D eigenvalue weighted by molar-refractivity contribution is 0.383. The number of anilines is 2. The van der Waals surface area contributed by atoms with E-state index in [9.17, 15) is 8.42 Å². The van der Waals surface area contributed by atoms with Crippen LogP contribution in [0.1, 0.15) is 44.1 Å². The molecule has 1 N–H and O–H groups in total. The van der Waals surface area contributed by atoms with Crippen LogP contribution < -0.4 is 15.0 Å². The number of aromatic nitrogens is 2. The maximum atomic E-state index is 11.9. The molecule has 0 aliphatic carbocycles. The Balaban J connectivity index is 1.49. The van der Waals surface area contributed by atoms with E-state index in [0.29, 0.717) is 18.6 Å². The smallest absolute Gasteiger partial charge is 0.227 e. The fourth-order valence-corrected chi connectivity index (χ4v) is 6.49. The van der Waals surface area contributed by atoms with Crippen LogP contribution in [0.4, 0.5) is 11.8 Å². The predicted octanol–water partition coefficient (Wildman–Crippen LogP) is 2.68. The number of sulfone groups is 1. The van der Waals surface area contributed by atoms with E-state index in [0.717, 1.165) is 73.8 Å². The Hall–Kier alpha value is -2.57. The van der Waals surface area contributed by atoms with Gasteiger partial charge in [-0.05, 0) is 63.7 Å². The third-order valence-corrected chi connectivity index (χ3v) is 8.73. The number of nitrogens with one attached hydrogen (secondary N) is 1. The maximum absolute atomic E-state index is 11.9. The van der Waals surface area contributed by atoms with E-state index in [1.54, 1.807) is 7.11 Å². The van der Waals surface area contributed by atoms with Crippen LogP contribution in [0.25, 0.3) is 10.9 Å². The first-order chi connectivity index (χ1) is 16.5. The van der Waals surface area contributed by atoms with Crippen molar-refractivity contribution in [2.45, 2.75) is 44.6 Å². The fourth-order valence-electron chi connectivity index (χ4n) is 4.99. The van der Waals surface area contributed by atoms with Crippen molar-refractivity contribution in [1.29, 1.82) is 0 Å². The molecule has 0 spiro atoms. The van der Waals surface area contributed by atoms with Gasteiger partial charge in [-0.1, -0.05) is 11.8 Å². The molecule has 4 heterocycles. The Kier molecular flexibility index (Phi) is 6.79. The largest absolute Gasteiger partial charge is 0.495 e. The molecule has 0 atom stereocenters. The summed E-state index contributed by atoms with van der Waals surface area (Å²) in [5.74, 6) is 9.21. The summed E-state index contributed by atoms with van der Waals surface area (Å²) in [5, 5.41) is 4.41. The van der Waals surface area contributed by atoms with E-state index in [-0.39, 0.29) is 17.5 Å². The zero-order valence-corrected chi connectivity index (χ0v) is 20.7. The summed E-state index contributed by atoms with van der Waals surface area (Å²) in [6.07, 6.45) is 5.95. The molecular formula is C25H33N5O3S. The summed E-state index contributed by atoms with van der Waals surface area (Å²) >= 11 is 0. The van der Waals surface area contributed by atoms with Gasteiger partial charge in [0.15, 0.2) is 0 Å². The van der Waals surface area contributed by atoms with Crippen LogP contribution in [0.3, 0.4) is 0 Å². The number of hydrogen-bond acceptors (Lipinski definition) is 8. The molecule has 3 saturated heterocycles. The first-order valence-corrected chi connectivity index (χ1v) is 14.2. The molecule has 9 heteroatoms. The maximum Gasteiger partial charge on any atom is 0.227 e. The molecule has 2 aromatic rings. The molecule has 1 aromatic carbocycles. The van der Waals surface area contributed by atoms with Crippen molar-refractivity contribution in [3.8, 4) is 17.6 Å². The molecule has 3 aliphatic heterocycles. The van der Waals surface area contributed by atoms with Gasteiger partial charge in [-0.15, -0.1) is 0 Å². The lowest BCUT2D eigenvalue weighted by atomic mass is 10.1. The Morgan fingerprint density at radius 1 is 1.06 bits per heavy atom. The van der Waals surface area contributed by atoms with Gasteiger partial charge in [0.2, 0.25) is 5.95 Å². The van der Waals surface area contributed by atoms with Crippen LogP contribution in [-0.4, -0.2) is 80.7 Å². The highest BCUT2D eigenvalue weighted by atomic mass is 32.2. The number of benzene rings is 1. The van der Waals surface area contributed by atoms with Gasteiger partial charge < -0.3 is 15.0 Å². The minimum absolute atomic E-state index is 0.0685. The summed E-state index contributed by atoms with van der Waals surface area (Å²) in [6, 6.07) is 4.03. The highest BCUT2D eigenvalue weighted by molar-refractivity contribution is 7.91. The Morgan fingerprint density at radius 2 is 1.76 bits per heavy atom. The van der Waals surface area contributed by atoms with Crippen molar-refractivity contribution >= 4 is 32.5 Å². The topological polar surface area (TPSA) is 87.7 Å². The van der Waals surface area contributed by atoms with E-state index in [1.165, 1.54) is 12.8 Å². The Morgan fingerprint density at radius 3 is 2.47 bits per heavy atom. The van der Waals surface area contributed by atoms with Crippen LogP contribution in [0, 0.1) is 11.8 Å². The van der Waals surface area contributed by atoms with Crippen molar-refractivity contribution in [1.82, 2.24) is 14.9 Å². The van der Waals surface area contributed by atoms with Gasteiger partial charge in [-0.2, -0.15) is 4.98 Å². The van der Waals surface area contributed by atoms with Gasteiger partial charge >= 0.3 is 0 Å². The molecule has 182 valence electrons. The molecule has 0 radical (unpaired) electrons. The van der Waals surface area contributed by atoms with E-state index in [2.05, 4.69) is 27.0 Å². The van der Waals surface area contributed by atoms with E-state index in [4.69, 9.17) is 14.7 Å². The third-order valence-electron chi connectivity index (χ3n) is 7.01. The van der Waals surface area contributed by atoms with E-state index in [1.807, 2.05) is 12.1 Å². The van der Waals surface area contributed by atoms with Crippen LogP contribution in [-0.2, 0) is 9.84 Å². The SMILES string of the molecule is COc1cc2c(NC3CCS(=O)(=O)CC3)nc(N3CCCC3)nc2cc1C#CCN1CCCC1. The normalized spacial score (nSPS) is 20.9. The summed E-state index contributed by atoms with van der Waals surface area (Å²) in [5.41, 5.74) is 1.66. The van der Waals surface area contributed by atoms with E-state index >= 15 is 0 Å². The molecule has 34 heavy (non-hydrogen) atoms. The van der Waals surface area contributed by atoms with Crippen LogP contribution in [0.2, 0.25) is 0 Å². The van der Waals surface area contributed by atoms with E-state index < -0.39 is 9.84 Å². The number of hydrogen-bond donors (Lipinski definition) is 1. The lowest BCUT2D eigenvalue weighted by Crippen LogP contribution is -2.32. The number of methoxy groups -OCH3 is 1. The number of rotatable bonds is 5. The van der Waals surface area contributed by atoms with Crippen LogP contribution in [0.5, 0.6) is 5.75 Å². The first-order valence-electron chi connectivity index (χ1n) is 12.3. The molecular weight excluding hydrogens is 450 g/mol. The van der Waals surface area contributed by atoms with Crippen molar-refractivity contribution in [2.75, 3.05) is 61.6 Å². The summed E-state index contributed by atoms with van der Waals surface area (Å²) in [6.45, 7) is 4.90.